The zero-order chi connectivity index (χ0) is 14.4. The summed E-state index contributed by atoms with van der Waals surface area (Å²) in [5.41, 5.74) is 2.25. The van der Waals surface area contributed by atoms with Crippen LogP contribution in [-0.4, -0.2) is 18.4 Å². The van der Waals surface area contributed by atoms with Gasteiger partial charge in [-0.2, -0.15) is 0 Å². The molecular weight excluding hydrogens is 288 g/mol. The van der Waals surface area contributed by atoms with E-state index in [1.807, 2.05) is 36.4 Å². The molecule has 0 saturated heterocycles. The van der Waals surface area contributed by atoms with E-state index >= 15 is 0 Å². The van der Waals surface area contributed by atoms with Crippen molar-refractivity contribution < 1.29 is 9.47 Å². The molecule has 0 aliphatic carbocycles. The van der Waals surface area contributed by atoms with Gasteiger partial charge in [0.1, 0.15) is 0 Å². The van der Waals surface area contributed by atoms with Crippen molar-refractivity contribution in [3.05, 3.63) is 59.7 Å². The summed E-state index contributed by atoms with van der Waals surface area (Å²) in [7, 11) is 3.25. The third-order valence-corrected chi connectivity index (χ3v) is 4.40. The number of hydrogen-bond acceptors (Lipinski definition) is 4. The van der Waals surface area contributed by atoms with Gasteiger partial charge in [-0.15, -0.1) is 11.8 Å². The summed E-state index contributed by atoms with van der Waals surface area (Å²) in [6, 6.07) is 16.0. The van der Waals surface area contributed by atoms with E-state index in [1.165, 1.54) is 5.56 Å². The topological polar surface area (TPSA) is 18.5 Å². The van der Waals surface area contributed by atoms with Crippen LogP contribution in [0.15, 0.2) is 48.5 Å². The van der Waals surface area contributed by atoms with Crippen LogP contribution >= 0.6 is 24.0 Å². The first-order valence-electron chi connectivity index (χ1n) is 6.17. The van der Waals surface area contributed by atoms with Gasteiger partial charge in [0, 0.05) is 11.3 Å². The molecule has 2 aromatic carbocycles. The first-order chi connectivity index (χ1) is 9.74. The summed E-state index contributed by atoms with van der Waals surface area (Å²) in [5.74, 6) is 2.29. The molecule has 0 N–H and O–H groups in total. The van der Waals surface area contributed by atoms with Gasteiger partial charge in [-0.1, -0.05) is 42.5 Å². The van der Waals surface area contributed by atoms with E-state index in [-0.39, 0.29) is 0 Å². The van der Waals surface area contributed by atoms with Crippen LogP contribution in [0.2, 0.25) is 0 Å². The normalized spacial score (nSPS) is 10.1. The fourth-order valence-corrected chi connectivity index (χ4v) is 2.86. The third-order valence-electron chi connectivity index (χ3n) is 2.83. The molecule has 2 rings (SSSR count). The maximum atomic E-state index is 5.47. The average Bonchev–Trinajstić information content (AvgIpc) is 2.52. The first-order valence-corrected chi connectivity index (χ1v) is 7.57. The molecule has 0 radical (unpaired) electrons. The van der Waals surface area contributed by atoms with Crippen molar-refractivity contribution in [1.82, 2.24) is 0 Å². The molecule has 0 fully saturated rings. The average molecular weight is 304 g/mol. The molecule has 2 nitrogen and oxygen atoms in total. The van der Waals surface area contributed by atoms with Gasteiger partial charge in [-0.05, 0) is 23.8 Å². The third kappa shape index (κ3) is 3.74. The quantitative estimate of drug-likeness (QED) is 0.766. The fourth-order valence-electron chi connectivity index (χ4n) is 1.77. The highest BCUT2D eigenvalue weighted by Gasteiger charge is 2.08. The highest BCUT2D eigenvalue weighted by Crippen LogP contribution is 2.30. The zero-order valence-corrected chi connectivity index (χ0v) is 13.1. The molecular formula is C16H16O2S2. The molecule has 0 atom stereocenters. The van der Waals surface area contributed by atoms with Gasteiger partial charge < -0.3 is 9.47 Å². The minimum atomic E-state index is 0.702. The Morgan fingerprint density at radius 3 is 2.35 bits per heavy atom. The Kier molecular flexibility index (Phi) is 5.44. The lowest BCUT2D eigenvalue weighted by molar-refractivity contribution is 0.355. The van der Waals surface area contributed by atoms with Crippen LogP contribution in [0.1, 0.15) is 11.1 Å². The van der Waals surface area contributed by atoms with Crippen LogP contribution < -0.4 is 9.47 Å². The Bertz CT molecular complexity index is 582. The second-order valence-electron chi connectivity index (χ2n) is 4.13. The Hall–Kier alpha value is -1.52. The van der Waals surface area contributed by atoms with Crippen molar-refractivity contribution in [1.29, 1.82) is 0 Å². The van der Waals surface area contributed by atoms with Crippen LogP contribution in [0.5, 0.6) is 11.5 Å². The number of benzene rings is 2. The highest BCUT2D eigenvalue weighted by atomic mass is 32.2. The number of thiocarbonyl (C=S) groups is 1. The van der Waals surface area contributed by atoms with Crippen molar-refractivity contribution >= 4 is 28.2 Å². The minimum absolute atomic E-state index is 0.702. The van der Waals surface area contributed by atoms with E-state index < -0.39 is 0 Å². The lowest BCUT2D eigenvalue weighted by Gasteiger charge is -2.10. The molecule has 2 aromatic rings. The van der Waals surface area contributed by atoms with Crippen LogP contribution in [0.3, 0.4) is 0 Å². The van der Waals surface area contributed by atoms with Crippen molar-refractivity contribution in [3.8, 4) is 11.5 Å². The van der Waals surface area contributed by atoms with E-state index in [9.17, 15) is 0 Å². The number of ether oxygens (including phenoxy) is 2. The molecule has 0 spiro atoms. The Balaban J connectivity index is 2.06. The first kappa shape index (κ1) is 14.9. The molecule has 0 aliphatic heterocycles. The molecule has 4 heteroatoms. The maximum Gasteiger partial charge on any atom is 0.161 e. The molecule has 0 bridgehead atoms. The summed E-state index contributed by atoms with van der Waals surface area (Å²) < 4.78 is 11.4. The summed E-state index contributed by atoms with van der Waals surface area (Å²) in [6.07, 6.45) is 0. The standard InChI is InChI=1S/C16H16O2S2/c1-17-14-9-8-13(10-15(14)18-2)16(19)20-11-12-6-4-3-5-7-12/h3-10H,11H2,1-2H3. The Labute approximate surface area is 129 Å². The van der Waals surface area contributed by atoms with E-state index in [2.05, 4.69) is 12.1 Å². The molecule has 0 heterocycles. The predicted octanol–water partition coefficient (Wildman–Crippen LogP) is 4.31. The second kappa shape index (κ2) is 7.31. The summed E-state index contributed by atoms with van der Waals surface area (Å²) in [4.78, 5) is 0. The van der Waals surface area contributed by atoms with Crippen LogP contribution in [0.4, 0.5) is 0 Å². The summed E-state index contributed by atoms with van der Waals surface area (Å²) in [5, 5.41) is 0. The van der Waals surface area contributed by atoms with Crippen molar-refractivity contribution in [2.24, 2.45) is 0 Å². The second-order valence-corrected chi connectivity index (χ2v) is 5.78. The molecule has 20 heavy (non-hydrogen) atoms. The van der Waals surface area contributed by atoms with E-state index in [1.54, 1.807) is 26.0 Å². The highest BCUT2D eigenvalue weighted by molar-refractivity contribution is 8.23. The molecule has 0 unspecified atom stereocenters. The largest absolute Gasteiger partial charge is 0.493 e. The van der Waals surface area contributed by atoms with Gasteiger partial charge in [-0.25, -0.2) is 0 Å². The van der Waals surface area contributed by atoms with E-state index in [0.717, 1.165) is 15.5 Å². The number of methoxy groups -OCH3 is 2. The minimum Gasteiger partial charge on any atom is -0.493 e. The molecule has 0 aliphatic rings. The molecule has 104 valence electrons. The van der Waals surface area contributed by atoms with Crippen LogP contribution in [-0.2, 0) is 5.75 Å². The Morgan fingerprint density at radius 1 is 1.00 bits per heavy atom. The van der Waals surface area contributed by atoms with Gasteiger partial charge in [0.05, 0.1) is 18.4 Å². The van der Waals surface area contributed by atoms with Crippen LogP contribution in [0.25, 0.3) is 0 Å². The SMILES string of the molecule is COc1ccc(C(=S)SCc2ccccc2)cc1OC. The van der Waals surface area contributed by atoms with E-state index in [0.29, 0.717) is 11.5 Å². The van der Waals surface area contributed by atoms with Gasteiger partial charge in [0.2, 0.25) is 0 Å². The van der Waals surface area contributed by atoms with Gasteiger partial charge >= 0.3 is 0 Å². The number of hydrogen-bond donors (Lipinski definition) is 0. The lowest BCUT2D eigenvalue weighted by Crippen LogP contribution is -1.96. The smallest absolute Gasteiger partial charge is 0.161 e. The predicted molar refractivity (Wildman–Crippen MR) is 89.0 cm³/mol. The zero-order valence-electron chi connectivity index (χ0n) is 11.5. The summed E-state index contributed by atoms with van der Waals surface area (Å²) >= 11 is 7.12. The number of thioether (sulfide) groups is 1. The van der Waals surface area contributed by atoms with Crippen molar-refractivity contribution in [2.75, 3.05) is 14.2 Å². The van der Waals surface area contributed by atoms with Crippen molar-refractivity contribution in [3.63, 3.8) is 0 Å². The maximum absolute atomic E-state index is 5.47. The molecule has 0 aromatic heterocycles. The van der Waals surface area contributed by atoms with E-state index in [4.69, 9.17) is 21.7 Å². The Morgan fingerprint density at radius 2 is 1.70 bits per heavy atom. The van der Waals surface area contributed by atoms with Crippen molar-refractivity contribution in [2.45, 2.75) is 5.75 Å². The van der Waals surface area contributed by atoms with Gasteiger partial charge in [0.25, 0.3) is 0 Å². The summed E-state index contributed by atoms with van der Waals surface area (Å²) in [6.45, 7) is 0. The molecule has 0 amide bonds. The van der Waals surface area contributed by atoms with Gasteiger partial charge in [0.15, 0.2) is 11.5 Å². The van der Waals surface area contributed by atoms with Gasteiger partial charge in [-0.3, -0.25) is 0 Å². The molecule has 0 saturated carbocycles. The lowest BCUT2D eigenvalue weighted by atomic mass is 10.2. The number of rotatable bonds is 5. The fraction of sp³-hybridized carbons (Fsp3) is 0.188. The monoisotopic (exact) mass is 304 g/mol. The van der Waals surface area contributed by atoms with Crippen LogP contribution in [0, 0.1) is 0 Å².